The van der Waals surface area contributed by atoms with Gasteiger partial charge in [-0.05, 0) is 64.4 Å². The Morgan fingerprint density at radius 1 is 1.10 bits per heavy atom. The van der Waals surface area contributed by atoms with E-state index >= 15 is 0 Å². The first-order valence-corrected chi connectivity index (χ1v) is 9.60. The van der Waals surface area contributed by atoms with Gasteiger partial charge in [0.15, 0.2) is 5.65 Å². The average Bonchev–Trinajstić information content (AvgIpc) is 3.39. The summed E-state index contributed by atoms with van der Waals surface area (Å²) < 4.78 is 46.4. The molecule has 3 aromatic rings. The monoisotopic (exact) mass is 408 g/mol. The summed E-state index contributed by atoms with van der Waals surface area (Å²) in [6.07, 6.45) is -2.39. The number of aromatic nitrogens is 4. The summed E-state index contributed by atoms with van der Waals surface area (Å²) in [5, 5.41) is 14.4. The lowest BCUT2D eigenvalue weighted by Crippen LogP contribution is -2.31. The number of hydrogen-bond acceptors (Lipinski definition) is 6. The zero-order valence-corrected chi connectivity index (χ0v) is 16.5. The van der Waals surface area contributed by atoms with Gasteiger partial charge in [0.05, 0.1) is 6.04 Å². The van der Waals surface area contributed by atoms with Crippen molar-refractivity contribution in [3.8, 4) is 0 Å². The Balaban J connectivity index is 1.66. The van der Waals surface area contributed by atoms with E-state index in [2.05, 4.69) is 25.5 Å². The van der Waals surface area contributed by atoms with Crippen molar-refractivity contribution in [1.29, 1.82) is 0 Å². The van der Waals surface area contributed by atoms with E-state index in [0.29, 0.717) is 17.9 Å². The molecule has 7 nitrogen and oxygen atoms in total. The van der Waals surface area contributed by atoms with Crippen molar-refractivity contribution in [2.45, 2.75) is 45.8 Å². The molecule has 0 aromatic carbocycles. The number of nitrogens with one attached hydrogen (secondary N) is 1. The van der Waals surface area contributed by atoms with Crippen molar-refractivity contribution in [2.75, 3.05) is 25.0 Å². The van der Waals surface area contributed by atoms with E-state index in [0.717, 1.165) is 47.5 Å². The lowest BCUT2D eigenvalue weighted by molar-refractivity contribution is -0.146. The second-order valence-electron chi connectivity index (χ2n) is 7.44. The topological polar surface area (TPSA) is 71.5 Å². The molecule has 0 amide bonds. The fourth-order valence-electron chi connectivity index (χ4n) is 3.76. The molecule has 0 spiro atoms. The molecule has 1 N–H and O–H groups in total. The molecule has 1 fully saturated rings. The van der Waals surface area contributed by atoms with Gasteiger partial charge in [-0.1, -0.05) is 0 Å². The van der Waals surface area contributed by atoms with Crippen LogP contribution in [0.15, 0.2) is 16.5 Å². The molecule has 156 valence electrons. The van der Waals surface area contributed by atoms with Crippen molar-refractivity contribution in [1.82, 2.24) is 24.7 Å². The van der Waals surface area contributed by atoms with Gasteiger partial charge in [0.2, 0.25) is 0 Å². The summed E-state index contributed by atoms with van der Waals surface area (Å²) in [7, 11) is 0. The highest BCUT2D eigenvalue weighted by molar-refractivity contribution is 5.58. The summed E-state index contributed by atoms with van der Waals surface area (Å²) in [5.41, 5.74) is 1.46. The minimum atomic E-state index is -4.63. The number of furan rings is 1. The van der Waals surface area contributed by atoms with Gasteiger partial charge in [-0.15, -0.1) is 15.3 Å². The van der Waals surface area contributed by atoms with Crippen LogP contribution in [0.3, 0.4) is 0 Å². The number of nitrogens with zero attached hydrogens (tertiary/aromatic N) is 5. The third-order valence-electron chi connectivity index (χ3n) is 5.48. The van der Waals surface area contributed by atoms with Crippen LogP contribution < -0.4 is 5.32 Å². The molecule has 4 heterocycles. The number of alkyl halides is 3. The Kier molecular flexibility index (Phi) is 4.97. The third-order valence-corrected chi connectivity index (χ3v) is 5.48. The number of likely N-dealkylation sites (tertiary alicyclic amines) is 1. The van der Waals surface area contributed by atoms with E-state index in [1.54, 1.807) is 6.92 Å². The van der Waals surface area contributed by atoms with Gasteiger partial charge >= 0.3 is 6.18 Å². The van der Waals surface area contributed by atoms with E-state index in [-0.39, 0.29) is 11.7 Å². The van der Waals surface area contributed by atoms with Gasteiger partial charge in [0, 0.05) is 12.1 Å². The van der Waals surface area contributed by atoms with Crippen molar-refractivity contribution < 1.29 is 17.6 Å². The third kappa shape index (κ3) is 3.68. The van der Waals surface area contributed by atoms with E-state index in [4.69, 9.17) is 4.42 Å². The summed E-state index contributed by atoms with van der Waals surface area (Å²) in [6.45, 7) is 7.82. The highest BCUT2D eigenvalue weighted by Gasteiger charge is 2.38. The molecule has 0 bridgehead atoms. The molecule has 1 aliphatic rings. The van der Waals surface area contributed by atoms with Crippen LogP contribution in [0.25, 0.3) is 5.65 Å². The largest absolute Gasteiger partial charge is 0.465 e. The predicted octanol–water partition coefficient (Wildman–Crippen LogP) is 3.91. The second kappa shape index (κ2) is 7.33. The van der Waals surface area contributed by atoms with Crippen LogP contribution in [0, 0.1) is 20.8 Å². The summed E-state index contributed by atoms with van der Waals surface area (Å²) in [4.78, 5) is 2.33. The number of hydrogen-bond donors (Lipinski definition) is 1. The number of rotatable bonds is 5. The summed E-state index contributed by atoms with van der Waals surface area (Å²) in [5.74, 6) is 0.923. The van der Waals surface area contributed by atoms with Crippen molar-refractivity contribution in [3.63, 3.8) is 0 Å². The Morgan fingerprint density at radius 3 is 2.45 bits per heavy atom. The lowest BCUT2D eigenvalue weighted by Gasteiger charge is -2.26. The maximum Gasteiger partial charge on any atom is 0.453 e. The Labute approximate surface area is 165 Å². The zero-order chi connectivity index (χ0) is 20.8. The fraction of sp³-hybridized carbons (Fsp3) is 0.526. The first-order valence-electron chi connectivity index (χ1n) is 9.60. The average molecular weight is 408 g/mol. The molecule has 0 radical (unpaired) electrons. The predicted molar refractivity (Wildman–Crippen MR) is 101 cm³/mol. The first kappa shape index (κ1) is 19.7. The minimum absolute atomic E-state index is 0.0219. The van der Waals surface area contributed by atoms with Crippen LogP contribution in [-0.4, -0.2) is 44.3 Å². The number of aryl methyl sites for hydroxylation is 2. The van der Waals surface area contributed by atoms with E-state index < -0.39 is 12.0 Å². The summed E-state index contributed by atoms with van der Waals surface area (Å²) in [6, 6.07) is 3.85. The highest BCUT2D eigenvalue weighted by atomic mass is 19.4. The molecule has 29 heavy (non-hydrogen) atoms. The second-order valence-corrected chi connectivity index (χ2v) is 7.44. The zero-order valence-electron chi connectivity index (χ0n) is 16.5. The van der Waals surface area contributed by atoms with E-state index in [1.165, 1.54) is 0 Å². The van der Waals surface area contributed by atoms with Gasteiger partial charge < -0.3 is 9.73 Å². The molecule has 0 saturated carbocycles. The number of anilines is 1. The van der Waals surface area contributed by atoms with Crippen LogP contribution in [-0.2, 0) is 6.18 Å². The molecule has 0 aliphatic carbocycles. The molecule has 1 unspecified atom stereocenters. The summed E-state index contributed by atoms with van der Waals surface area (Å²) >= 11 is 0. The van der Waals surface area contributed by atoms with Crippen LogP contribution in [0.2, 0.25) is 0 Å². The Morgan fingerprint density at radius 2 is 1.83 bits per heavy atom. The van der Waals surface area contributed by atoms with E-state index in [1.807, 2.05) is 26.0 Å². The van der Waals surface area contributed by atoms with Crippen molar-refractivity contribution in [2.24, 2.45) is 0 Å². The van der Waals surface area contributed by atoms with Crippen molar-refractivity contribution in [3.05, 3.63) is 40.6 Å². The van der Waals surface area contributed by atoms with Crippen molar-refractivity contribution >= 4 is 11.5 Å². The number of halogens is 3. The van der Waals surface area contributed by atoms with Crippen LogP contribution in [0.4, 0.5) is 19.0 Å². The Bertz CT molecular complexity index is 1020. The van der Waals surface area contributed by atoms with Crippen LogP contribution in [0.1, 0.15) is 47.4 Å². The van der Waals surface area contributed by atoms with E-state index in [9.17, 15) is 13.2 Å². The van der Waals surface area contributed by atoms with Crippen LogP contribution in [0.5, 0.6) is 0 Å². The van der Waals surface area contributed by atoms with Gasteiger partial charge in [0.25, 0.3) is 5.82 Å². The molecular weight excluding hydrogens is 385 g/mol. The molecule has 3 aromatic heterocycles. The fourth-order valence-corrected chi connectivity index (χ4v) is 3.76. The maximum atomic E-state index is 13.3. The SMILES string of the molecule is Cc1ccc(C(CNc2nn3c(C(F)(F)F)nnc3c(C)c2C)N2CCCC2)o1. The maximum absolute atomic E-state index is 13.3. The molecule has 4 rings (SSSR count). The molecule has 1 aliphatic heterocycles. The van der Waals surface area contributed by atoms with Crippen LogP contribution >= 0.6 is 0 Å². The smallest absolute Gasteiger partial charge is 0.453 e. The minimum Gasteiger partial charge on any atom is -0.465 e. The normalized spacial score (nSPS) is 16.6. The molecule has 1 saturated heterocycles. The Hall–Kier alpha value is -2.62. The molecule has 1 atom stereocenters. The lowest BCUT2D eigenvalue weighted by atomic mass is 10.1. The van der Waals surface area contributed by atoms with Gasteiger partial charge in [0.1, 0.15) is 17.3 Å². The van der Waals surface area contributed by atoms with Gasteiger partial charge in [-0.3, -0.25) is 4.90 Å². The number of fused-ring (bicyclic) bond motifs is 1. The quantitative estimate of drug-likeness (QED) is 0.690. The van der Waals surface area contributed by atoms with Gasteiger partial charge in [-0.25, -0.2) is 0 Å². The first-order chi connectivity index (χ1) is 13.8. The van der Waals surface area contributed by atoms with Gasteiger partial charge in [-0.2, -0.15) is 17.7 Å². The molecule has 10 heteroatoms. The highest BCUT2D eigenvalue weighted by Crippen LogP contribution is 2.31. The molecular formula is C19H23F3N6O. The standard InChI is InChI=1S/C19H23F3N6O/c1-11-6-7-15(29-11)14(27-8-4-5-9-27)10-23-16-12(2)13(3)17-24-25-18(19(20,21)22)28(17)26-16/h6-7,14H,4-5,8-10H2,1-3H3,(H,23,26).